The number of anilines is 2. The number of carboxylic acid groups (broad SMARTS) is 1. The maximum Gasteiger partial charge on any atom is 0.417 e. The number of hydrogen-bond donors (Lipinski definition) is 2. The molecule has 0 radical (unpaired) electrons. The number of nitrogens with zero attached hydrogens (tertiary/aromatic N) is 2. The molecule has 10 heteroatoms. The monoisotopic (exact) mass is 531 g/mol. The third kappa shape index (κ3) is 5.00. The molecule has 3 aliphatic rings. The number of carbonyl (C=O) groups is 2. The molecular weight excluding hydrogens is 499 g/mol. The van der Waals surface area contributed by atoms with E-state index in [9.17, 15) is 27.9 Å². The van der Waals surface area contributed by atoms with Gasteiger partial charge in [0.25, 0.3) is 0 Å². The first kappa shape index (κ1) is 26.2. The summed E-state index contributed by atoms with van der Waals surface area (Å²) in [7, 11) is 0. The lowest BCUT2D eigenvalue weighted by atomic mass is 9.85. The predicted octanol–water partition coefficient (Wildman–Crippen LogP) is 6.71. The van der Waals surface area contributed by atoms with Crippen molar-refractivity contribution in [1.82, 2.24) is 4.90 Å². The number of likely N-dealkylation sites (tertiary alicyclic amines) is 1. The van der Waals surface area contributed by atoms with Crippen LogP contribution in [0, 0.1) is 0 Å². The lowest BCUT2D eigenvalue weighted by molar-refractivity contribution is -0.137. The van der Waals surface area contributed by atoms with E-state index in [2.05, 4.69) is 10.2 Å². The number of rotatable bonds is 2. The van der Waals surface area contributed by atoms with Gasteiger partial charge in [0.1, 0.15) is 5.60 Å². The highest BCUT2D eigenvalue weighted by Gasteiger charge is 2.45. The molecule has 2 atom stereocenters. The Morgan fingerprint density at radius 3 is 2.53 bits per heavy atom. The molecule has 0 spiro atoms. The van der Waals surface area contributed by atoms with Crippen LogP contribution < -0.4 is 10.2 Å². The minimum atomic E-state index is -4.66. The van der Waals surface area contributed by atoms with Crippen LogP contribution in [0.3, 0.4) is 0 Å². The van der Waals surface area contributed by atoms with E-state index in [1.807, 2.05) is 12.1 Å². The fraction of sp³-hybridized carbons (Fsp3) is 0.500. The first-order valence-corrected chi connectivity index (χ1v) is 12.9. The molecule has 0 aromatic heterocycles. The highest BCUT2D eigenvalue weighted by atomic mass is 19.4. The van der Waals surface area contributed by atoms with Gasteiger partial charge in [0, 0.05) is 43.0 Å². The van der Waals surface area contributed by atoms with Crippen molar-refractivity contribution in [3.05, 3.63) is 47.0 Å². The van der Waals surface area contributed by atoms with Gasteiger partial charge in [-0.05, 0) is 93.0 Å². The molecule has 2 amide bonds. The van der Waals surface area contributed by atoms with Gasteiger partial charge in [-0.2, -0.15) is 13.2 Å². The maximum atomic E-state index is 14.3. The summed E-state index contributed by atoms with van der Waals surface area (Å²) in [6, 6.07) is 7.59. The lowest BCUT2D eigenvalue weighted by Crippen LogP contribution is -2.48. The molecule has 7 nitrogen and oxygen atoms in total. The van der Waals surface area contributed by atoms with Crippen LogP contribution in [0.25, 0.3) is 11.1 Å². The Morgan fingerprint density at radius 1 is 1.08 bits per heavy atom. The number of alkyl halides is 3. The zero-order chi connectivity index (χ0) is 27.4. The Hall–Kier alpha value is -3.43. The average molecular weight is 532 g/mol. The van der Waals surface area contributed by atoms with Gasteiger partial charge in [0.15, 0.2) is 0 Å². The number of nitrogens with one attached hydrogen (secondary N) is 1. The summed E-state index contributed by atoms with van der Waals surface area (Å²) in [6.45, 7) is 6.67. The summed E-state index contributed by atoms with van der Waals surface area (Å²) in [5.41, 5.74) is 1.84. The number of ether oxygens (including phenoxy) is 1. The van der Waals surface area contributed by atoms with Crippen molar-refractivity contribution in [1.29, 1.82) is 0 Å². The van der Waals surface area contributed by atoms with Crippen LogP contribution in [0.15, 0.2) is 30.3 Å². The van der Waals surface area contributed by atoms with Crippen LogP contribution in [-0.2, 0) is 17.3 Å². The summed E-state index contributed by atoms with van der Waals surface area (Å²) in [5.74, 6) is -0.0888. The maximum absolute atomic E-state index is 14.3. The Morgan fingerprint density at radius 2 is 1.84 bits per heavy atom. The van der Waals surface area contributed by atoms with Crippen molar-refractivity contribution in [2.24, 2.45) is 0 Å². The van der Waals surface area contributed by atoms with Crippen LogP contribution in [0.5, 0.6) is 0 Å². The SMILES string of the molecule is CC(C)(C)OC(=O)Nc1ccc(-c2cc3c4c(c2)[C@@H]2CN(C(=O)O)CC[C@@H]2N4CCCC3)c(C(F)(F)F)c1. The molecule has 204 valence electrons. The second kappa shape index (κ2) is 9.39. The molecule has 1 saturated heterocycles. The van der Waals surface area contributed by atoms with Crippen LogP contribution >= 0.6 is 0 Å². The zero-order valence-electron chi connectivity index (χ0n) is 21.7. The third-order valence-electron chi connectivity index (χ3n) is 7.53. The zero-order valence-corrected chi connectivity index (χ0v) is 21.7. The number of benzene rings is 2. The van der Waals surface area contributed by atoms with Crippen molar-refractivity contribution in [2.75, 3.05) is 29.9 Å². The van der Waals surface area contributed by atoms with Gasteiger partial charge in [0.05, 0.1) is 5.56 Å². The van der Waals surface area contributed by atoms with E-state index in [1.54, 1.807) is 20.8 Å². The number of hydrogen-bond acceptors (Lipinski definition) is 4. The number of carbonyl (C=O) groups excluding carboxylic acids is 1. The Kier molecular flexibility index (Phi) is 6.47. The molecular formula is C28H32F3N3O4. The van der Waals surface area contributed by atoms with Crippen molar-refractivity contribution in [2.45, 2.75) is 70.2 Å². The van der Waals surface area contributed by atoms with Crippen LogP contribution in [0.1, 0.15) is 62.6 Å². The molecule has 3 heterocycles. The summed E-state index contributed by atoms with van der Waals surface area (Å²) < 4.78 is 48.1. The highest BCUT2D eigenvalue weighted by Crippen LogP contribution is 2.50. The van der Waals surface area contributed by atoms with Crippen LogP contribution in [-0.4, -0.2) is 53.5 Å². The Labute approximate surface area is 219 Å². The average Bonchev–Trinajstić information content (AvgIpc) is 2.97. The number of halogens is 3. The van der Waals surface area contributed by atoms with E-state index in [0.29, 0.717) is 25.1 Å². The smallest absolute Gasteiger partial charge is 0.417 e. The second-order valence-corrected chi connectivity index (χ2v) is 11.3. The van der Waals surface area contributed by atoms with Crippen molar-refractivity contribution < 1.29 is 32.6 Å². The fourth-order valence-electron chi connectivity index (χ4n) is 6.06. The summed E-state index contributed by atoms with van der Waals surface area (Å²) in [5, 5.41) is 12.0. The van der Waals surface area contributed by atoms with Crippen LogP contribution in [0.4, 0.5) is 34.1 Å². The number of aryl methyl sites for hydroxylation is 1. The Balaban J connectivity index is 1.57. The van der Waals surface area contributed by atoms with Gasteiger partial charge in [-0.1, -0.05) is 6.07 Å². The fourth-order valence-corrected chi connectivity index (χ4v) is 6.06. The first-order chi connectivity index (χ1) is 17.8. The van der Waals surface area contributed by atoms with Gasteiger partial charge in [-0.3, -0.25) is 5.32 Å². The molecule has 38 heavy (non-hydrogen) atoms. The highest BCUT2D eigenvalue weighted by molar-refractivity contribution is 5.86. The molecule has 0 unspecified atom stereocenters. The van der Waals surface area contributed by atoms with E-state index in [4.69, 9.17) is 4.74 Å². The summed E-state index contributed by atoms with van der Waals surface area (Å²) in [4.78, 5) is 27.7. The van der Waals surface area contributed by atoms with Gasteiger partial charge in [0.2, 0.25) is 0 Å². The molecule has 0 bridgehead atoms. The minimum Gasteiger partial charge on any atom is -0.465 e. The van der Waals surface area contributed by atoms with Crippen molar-refractivity contribution in [3.8, 4) is 11.1 Å². The quantitative estimate of drug-likeness (QED) is 0.450. The second-order valence-electron chi connectivity index (χ2n) is 11.3. The van der Waals surface area contributed by atoms with Crippen molar-refractivity contribution >= 4 is 23.6 Å². The van der Waals surface area contributed by atoms with Gasteiger partial charge < -0.3 is 19.6 Å². The number of piperidine rings is 1. The molecule has 3 aliphatic heterocycles. The molecule has 1 fully saturated rings. The van der Waals surface area contributed by atoms with Gasteiger partial charge >= 0.3 is 18.4 Å². The summed E-state index contributed by atoms with van der Waals surface area (Å²) >= 11 is 0. The molecule has 2 N–H and O–H groups in total. The third-order valence-corrected chi connectivity index (χ3v) is 7.53. The lowest BCUT2D eigenvalue weighted by Gasteiger charge is -2.37. The topological polar surface area (TPSA) is 82.1 Å². The van der Waals surface area contributed by atoms with E-state index in [1.165, 1.54) is 17.0 Å². The predicted molar refractivity (Wildman–Crippen MR) is 138 cm³/mol. The van der Waals surface area contributed by atoms with Gasteiger partial charge in [-0.15, -0.1) is 0 Å². The molecule has 0 saturated carbocycles. The number of fused-ring (bicyclic) bond motifs is 3. The summed E-state index contributed by atoms with van der Waals surface area (Å²) in [6.07, 6.45) is -3.09. The standard InChI is InChI=1S/C28H32F3N3O4/c1-27(2,3)38-25(35)32-18-7-8-19(22(14-18)28(29,30)31)17-12-16-6-4-5-10-34-23-9-11-33(26(36)37)15-21(23)20(13-17)24(16)34/h7-8,12-14,21,23H,4-6,9-11,15H2,1-3H3,(H,32,35)(H,36,37)/t21-,23-/m0/s1. The minimum absolute atomic E-state index is 0.00903. The van der Waals surface area contributed by atoms with E-state index in [-0.39, 0.29) is 23.2 Å². The number of amides is 2. The van der Waals surface area contributed by atoms with E-state index >= 15 is 0 Å². The van der Waals surface area contributed by atoms with Crippen LogP contribution in [0.2, 0.25) is 0 Å². The Bertz CT molecular complexity index is 1270. The molecule has 2 aromatic carbocycles. The first-order valence-electron chi connectivity index (χ1n) is 12.9. The van der Waals surface area contributed by atoms with E-state index < -0.39 is 29.5 Å². The molecule has 5 rings (SSSR count). The van der Waals surface area contributed by atoms with Crippen molar-refractivity contribution in [3.63, 3.8) is 0 Å². The molecule has 2 aromatic rings. The molecule has 0 aliphatic carbocycles. The van der Waals surface area contributed by atoms with E-state index in [0.717, 1.165) is 48.7 Å². The normalized spacial score (nSPS) is 20.9. The largest absolute Gasteiger partial charge is 0.465 e. The van der Waals surface area contributed by atoms with Gasteiger partial charge in [-0.25, -0.2) is 9.59 Å².